The van der Waals surface area contributed by atoms with Gasteiger partial charge in [-0.05, 0) is 23.3 Å². The highest BCUT2D eigenvalue weighted by molar-refractivity contribution is 5.32. The van der Waals surface area contributed by atoms with Crippen molar-refractivity contribution in [2.75, 3.05) is 6.54 Å². The fourth-order valence-electron chi connectivity index (χ4n) is 3.38. The summed E-state index contributed by atoms with van der Waals surface area (Å²) < 4.78 is 13.1. The molecule has 0 saturated carbocycles. The number of benzene rings is 2. The topological polar surface area (TPSA) is 29.0 Å². The molecule has 25 heavy (non-hydrogen) atoms. The molecule has 0 bridgehead atoms. The molecule has 0 atom stereocenters. The van der Waals surface area contributed by atoms with Gasteiger partial charge in [0.1, 0.15) is 12.1 Å². The zero-order valence-corrected chi connectivity index (χ0v) is 14.0. The number of fused-ring (bicyclic) bond motifs is 1. The summed E-state index contributed by atoms with van der Waals surface area (Å²) in [7, 11) is 0. The van der Waals surface area contributed by atoms with E-state index in [-0.39, 0.29) is 5.82 Å². The predicted octanol–water partition coefficient (Wildman–Crippen LogP) is 3.76. The van der Waals surface area contributed by atoms with Gasteiger partial charge < -0.3 is 0 Å². The molecule has 0 radical (unpaired) electrons. The second-order valence-corrected chi connectivity index (χ2v) is 6.50. The molecule has 3 nitrogen and oxygen atoms in total. The fourth-order valence-corrected chi connectivity index (χ4v) is 3.38. The highest BCUT2D eigenvalue weighted by Crippen LogP contribution is 2.23. The first-order valence-corrected chi connectivity index (χ1v) is 8.60. The van der Waals surface area contributed by atoms with Crippen LogP contribution in [0.3, 0.4) is 0 Å². The molecule has 0 saturated heterocycles. The second kappa shape index (κ2) is 7.11. The molecular formula is C21H20FN3. The van der Waals surface area contributed by atoms with E-state index in [2.05, 4.69) is 39.1 Å². The van der Waals surface area contributed by atoms with Gasteiger partial charge in [-0.25, -0.2) is 14.4 Å². The lowest BCUT2D eigenvalue weighted by atomic mass is 9.99. The summed E-state index contributed by atoms with van der Waals surface area (Å²) in [5.41, 5.74) is 5.82. The molecule has 0 spiro atoms. The molecule has 3 aromatic rings. The second-order valence-electron chi connectivity index (χ2n) is 6.50. The predicted molar refractivity (Wildman–Crippen MR) is 95.5 cm³/mol. The minimum absolute atomic E-state index is 0.206. The average molecular weight is 333 g/mol. The Kier molecular flexibility index (Phi) is 4.53. The zero-order valence-electron chi connectivity index (χ0n) is 14.0. The fraction of sp³-hybridized carbons (Fsp3) is 0.238. The zero-order chi connectivity index (χ0) is 17.1. The van der Waals surface area contributed by atoms with Crippen LogP contribution in [0.25, 0.3) is 0 Å². The van der Waals surface area contributed by atoms with E-state index in [0.717, 1.165) is 43.0 Å². The summed E-state index contributed by atoms with van der Waals surface area (Å²) in [6.07, 6.45) is 3.32. The smallest absolute Gasteiger partial charge is 0.123 e. The van der Waals surface area contributed by atoms with Crippen molar-refractivity contribution in [1.82, 2.24) is 14.9 Å². The van der Waals surface area contributed by atoms with Crippen molar-refractivity contribution in [1.29, 1.82) is 0 Å². The van der Waals surface area contributed by atoms with Gasteiger partial charge >= 0.3 is 0 Å². The average Bonchev–Trinajstić information content (AvgIpc) is 2.65. The first-order valence-electron chi connectivity index (χ1n) is 8.60. The number of hydrogen-bond donors (Lipinski definition) is 0. The normalized spacial score (nSPS) is 14.3. The third-order valence-corrected chi connectivity index (χ3v) is 4.70. The van der Waals surface area contributed by atoms with Crippen molar-refractivity contribution in [2.45, 2.75) is 25.9 Å². The third kappa shape index (κ3) is 3.74. The minimum Gasteiger partial charge on any atom is -0.294 e. The van der Waals surface area contributed by atoms with Crippen LogP contribution >= 0.6 is 0 Å². The SMILES string of the molecule is Fc1ccc(Cc2ncnc3c2CN(Cc2ccccc2)CC3)cc1. The molecule has 1 aliphatic rings. The molecule has 0 N–H and O–H groups in total. The number of aromatic nitrogens is 2. The van der Waals surface area contributed by atoms with Crippen molar-refractivity contribution in [3.8, 4) is 0 Å². The van der Waals surface area contributed by atoms with E-state index in [4.69, 9.17) is 0 Å². The Bertz CT molecular complexity index is 847. The summed E-state index contributed by atoms with van der Waals surface area (Å²) in [6.45, 7) is 2.81. The van der Waals surface area contributed by atoms with E-state index >= 15 is 0 Å². The molecule has 0 amide bonds. The van der Waals surface area contributed by atoms with E-state index in [1.54, 1.807) is 6.33 Å². The quantitative estimate of drug-likeness (QED) is 0.728. The van der Waals surface area contributed by atoms with Crippen molar-refractivity contribution in [3.05, 3.63) is 94.8 Å². The van der Waals surface area contributed by atoms with Gasteiger partial charge in [-0.2, -0.15) is 0 Å². The Morgan fingerprint density at radius 1 is 0.920 bits per heavy atom. The van der Waals surface area contributed by atoms with Gasteiger partial charge in [-0.3, -0.25) is 4.90 Å². The van der Waals surface area contributed by atoms with Crippen LogP contribution in [0.4, 0.5) is 4.39 Å². The maximum Gasteiger partial charge on any atom is 0.123 e. The Hall–Kier alpha value is -2.59. The Labute approximate surface area is 147 Å². The van der Waals surface area contributed by atoms with Gasteiger partial charge in [0.25, 0.3) is 0 Å². The summed E-state index contributed by atoms with van der Waals surface area (Å²) in [6, 6.07) is 17.2. The maximum atomic E-state index is 13.1. The number of rotatable bonds is 4. The van der Waals surface area contributed by atoms with Crippen LogP contribution in [0.1, 0.15) is 28.1 Å². The molecule has 4 rings (SSSR count). The van der Waals surface area contributed by atoms with Gasteiger partial charge in [0.2, 0.25) is 0 Å². The van der Waals surface area contributed by atoms with E-state index in [0.29, 0.717) is 6.42 Å². The Morgan fingerprint density at radius 2 is 1.72 bits per heavy atom. The lowest BCUT2D eigenvalue weighted by Gasteiger charge is -2.29. The minimum atomic E-state index is -0.206. The number of hydrogen-bond acceptors (Lipinski definition) is 3. The molecule has 0 fully saturated rings. The summed E-state index contributed by atoms with van der Waals surface area (Å²) in [4.78, 5) is 11.4. The van der Waals surface area contributed by atoms with Crippen molar-refractivity contribution in [3.63, 3.8) is 0 Å². The van der Waals surface area contributed by atoms with Gasteiger partial charge in [0.15, 0.2) is 0 Å². The van der Waals surface area contributed by atoms with Crippen molar-refractivity contribution >= 4 is 0 Å². The summed E-state index contributed by atoms with van der Waals surface area (Å²) in [5.74, 6) is -0.206. The van der Waals surface area contributed by atoms with Crippen molar-refractivity contribution < 1.29 is 4.39 Å². The van der Waals surface area contributed by atoms with Crippen molar-refractivity contribution in [2.24, 2.45) is 0 Å². The standard InChI is InChI=1S/C21H20FN3/c22-18-8-6-16(7-9-18)12-21-19-14-25(11-10-20(19)23-15-24-21)13-17-4-2-1-3-5-17/h1-9,15H,10-14H2. The van der Waals surface area contributed by atoms with E-state index < -0.39 is 0 Å². The molecule has 126 valence electrons. The van der Waals surface area contributed by atoms with Crippen LogP contribution < -0.4 is 0 Å². The molecule has 4 heteroatoms. The Balaban J connectivity index is 1.55. The number of halogens is 1. The van der Waals surface area contributed by atoms with Crippen LogP contribution in [-0.2, 0) is 25.9 Å². The monoisotopic (exact) mass is 333 g/mol. The van der Waals surface area contributed by atoms with Crippen LogP contribution in [0.5, 0.6) is 0 Å². The molecule has 1 aromatic heterocycles. The molecule has 2 heterocycles. The van der Waals surface area contributed by atoms with Gasteiger partial charge in [0.05, 0.1) is 5.69 Å². The van der Waals surface area contributed by atoms with Crippen LogP contribution in [0.15, 0.2) is 60.9 Å². The highest BCUT2D eigenvalue weighted by atomic mass is 19.1. The molecule has 0 unspecified atom stereocenters. The summed E-state index contributed by atoms with van der Waals surface area (Å²) in [5, 5.41) is 0. The Morgan fingerprint density at radius 3 is 2.52 bits per heavy atom. The molecule has 2 aromatic carbocycles. The van der Waals surface area contributed by atoms with Gasteiger partial charge in [-0.15, -0.1) is 0 Å². The third-order valence-electron chi connectivity index (χ3n) is 4.70. The molecule has 0 aliphatic carbocycles. The maximum absolute atomic E-state index is 13.1. The first-order chi connectivity index (χ1) is 12.3. The highest BCUT2D eigenvalue weighted by Gasteiger charge is 2.21. The van der Waals surface area contributed by atoms with E-state index in [1.807, 2.05) is 18.2 Å². The summed E-state index contributed by atoms with van der Waals surface area (Å²) >= 11 is 0. The first kappa shape index (κ1) is 15.9. The van der Waals surface area contributed by atoms with Gasteiger partial charge in [0, 0.05) is 43.7 Å². The largest absolute Gasteiger partial charge is 0.294 e. The van der Waals surface area contributed by atoms with Crippen LogP contribution in [0.2, 0.25) is 0 Å². The van der Waals surface area contributed by atoms with Crippen LogP contribution in [-0.4, -0.2) is 21.4 Å². The number of nitrogens with zero attached hydrogens (tertiary/aromatic N) is 3. The van der Waals surface area contributed by atoms with E-state index in [1.165, 1.54) is 23.3 Å². The lowest BCUT2D eigenvalue weighted by Crippen LogP contribution is -2.31. The lowest BCUT2D eigenvalue weighted by molar-refractivity contribution is 0.242. The van der Waals surface area contributed by atoms with Crippen LogP contribution in [0, 0.1) is 5.82 Å². The molecule has 1 aliphatic heterocycles. The van der Waals surface area contributed by atoms with Gasteiger partial charge in [-0.1, -0.05) is 42.5 Å². The van der Waals surface area contributed by atoms with E-state index in [9.17, 15) is 4.39 Å². The molecular weight excluding hydrogens is 313 g/mol.